The van der Waals surface area contributed by atoms with E-state index in [0.29, 0.717) is 6.04 Å². The van der Waals surface area contributed by atoms with Crippen LogP contribution in [0, 0.1) is 0 Å². The maximum Gasteiger partial charge on any atom is 0.0965 e. The SMILES string of the molecule is CCc1ccc(Cn2cc(CNC(C)C)nn2)s1. The van der Waals surface area contributed by atoms with Gasteiger partial charge in [0.05, 0.1) is 18.4 Å². The molecule has 0 saturated carbocycles. The minimum Gasteiger partial charge on any atom is -0.309 e. The van der Waals surface area contributed by atoms with Crippen LogP contribution in [-0.4, -0.2) is 21.0 Å². The monoisotopic (exact) mass is 264 g/mol. The first-order valence-corrected chi connectivity index (χ1v) is 7.19. The number of hydrogen-bond donors (Lipinski definition) is 1. The van der Waals surface area contributed by atoms with Crippen molar-refractivity contribution in [2.45, 2.75) is 46.3 Å². The summed E-state index contributed by atoms with van der Waals surface area (Å²) in [7, 11) is 0. The van der Waals surface area contributed by atoms with Crippen LogP contribution in [0.5, 0.6) is 0 Å². The standard InChI is InChI=1S/C13H20N4S/c1-4-12-5-6-13(18-12)9-17-8-11(15-16-17)7-14-10(2)3/h5-6,8,10,14H,4,7,9H2,1-3H3. The van der Waals surface area contributed by atoms with Crippen LogP contribution < -0.4 is 5.32 Å². The van der Waals surface area contributed by atoms with Gasteiger partial charge in [-0.05, 0) is 18.6 Å². The Morgan fingerprint density at radius 2 is 2.11 bits per heavy atom. The van der Waals surface area contributed by atoms with Crippen LogP contribution in [0.1, 0.15) is 36.2 Å². The van der Waals surface area contributed by atoms with E-state index in [0.717, 1.165) is 25.2 Å². The Morgan fingerprint density at radius 1 is 1.33 bits per heavy atom. The van der Waals surface area contributed by atoms with Crippen molar-refractivity contribution in [1.82, 2.24) is 20.3 Å². The van der Waals surface area contributed by atoms with E-state index in [1.807, 2.05) is 22.2 Å². The predicted octanol–water partition coefficient (Wildman–Crippen LogP) is 2.45. The van der Waals surface area contributed by atoms with Crippen molar-refractivity contribution in [1.29, 1.82) is 0 Å². The van der Waals surface area contributed by atoms with Crippen LogP contribution in [0.15, 0.2) is 18.3 Å². The van der Waals surface area contributed by atoms with Gasteiger partial charge in [0.25, 0.3) is 0 Å². The highest BCUT2D eigenvalue weighted by Crippen LogP contribution is 2.17. The molecular weight excluding hydrogens is 244 g/mol. The maximum atomic E-state index is 4.17. The molecule has 4 nitrogen and oxygen atoms in total. The molecule has 0 atom stereocenters. The van der Waals surface area contributed by atoms with E-state index >= 15 is 0 Å². The summed E-state index contributed by atoms with van der Waals surface area (Å²) in [6.45, 7) is 8.03. The van der Waals surface area contributed by atoms with E-state index in [4.69, 9.17) is 0 Å². The summed E-state index contributed by atoms with van der Waals surface area (Å²) in [6, 6.07) is 4.84. The van der Waals surface area contributed by atoms with Gasteiger partial charge in [-0.3, -0.25) is 0 Å². The third-order valence-corrected chi connectivity index (χ3v) is 3.88. The highest BCUT2D eigenvalue weighted by Gasteiger charge is 2.04. The molecule has 0 aliphatic heterocycles. The Morgan fingerprint density at radius 3 is 2.78 bits per heavy atom. The van der Waals surface area contributed by atoms with Crippen molar-refractivity contribution >= 4 is 11.3 Å². The minimum atomic E-state index is 0.472. The normalized spacial score (nSPS) is 11.3. The van der Waals surface area contributed by atoms with E-state index in [2.05, 4.69) is 48.5 Å². The first-order valence-electron chi connectivity index (χ1n) is 6.37. The summed E-state index contributed by atoms with van der Waals surface area (Å²) < 4.78 is 1.91. The van der Waals surface area contributed by atoms with Crippen molar-refractivity contribution < 1.29 is 0 Å². The molecular formula is C13H20N4S. The quantitative estimate of drug-likeness (QED) is 0.871. The molecule has 0 aliphatic rings. The zero-order valence-electron chi connectivity index (χ0n) is 11.2. The summed E-state index contributed by atoms with van der Waals surface area (Å²) in [4.78, 5) is 2.76. The van der Waals surface area contributed by atoms with Gasteiger partial charge in [-0.15, -0.1) is 16.4 Å². The van der Waals surface area contributed by atoms with Gasteiger partial charge >= 0.3 is 0 Å². The number of rotatable bonds is 6. The second kappa shape index (κ2) is 6.11. The van der Waals surface area contributed by atoms with Crippen LogP contribution in [0.3, 0.4) is 0 Å². The average molecular weight is 264 g/mol. The minimum absolute atomic E-state index is 0.472. The fourth-order valence-corrected chi connectivity index (χ4v) is 2.61. The van der Waals surface area contributed by atoms with Gasteiger partial charge in [-0.2, -0.15) is 0 Å². The molecule has 0 saturated heterocycles. The van der Waals surface area contributed by atoms with Crippen molar-refractivity contribution in [3.63, 3.8) is 0 Å². The highest BCUT2D eigenvalue weighted by atomic mass is 32.1. The lowest BCUT2D eigenvalue weighted by Crippen LogP contribution is -2.21. The summed E-state index contributed by atoms with van der Waals surface area (Å²) in [5.41, 5.74) is 0.996. The van der Waals surface area contributed by atoms with Gasteiger partial charge in [-0.25, -0.2) is 4.68 Å². The van der Waals surface area contributed by atoms with Crippen LogP contribution in [-0.2, 0) is 19.5 Å². The summed E-state index contributed by atoms with van der Waals surface area (Å²) >= 11 is 1.85. The Kier molecular flexibility index (Phi) is 4.49. The Hall–Kier alpha value is -1.20. The Labute approximate surface area is 112 Å². The molecule has 1 N–H and O–H groups in total. The molecule has 2 aromatic rings. The van der Waals surface area contributed by atoms with Crippen molar-refractivity contribution in [2.75, 3.05) is 0 Å². The van der Waals surface area contributed by atoms with Gasteiger partial charge in [0.1, 0.15) is 0 Å². The molecule has 2 rings (SSSR count). The number of thiophene rings is 1. The fourth-order valence-electron chi connectivity index (χ4n) is 1.66. The Bertz CT molecular complexity index is 487. The van der Waals surface area contributed by atoms with Gasteiger partial charge in [-0.1, -0.05) is 26.0 Å². The number of nitrogens with zero attached hydrogens (tertiary/aromatic N) is 3. The predicted molar refractivity (Wildman–Crippen MR) is 74.8 cm³/mol. The highest BCUT2D eigenvalue weighted by molar-refractivity contribution is 7.11. The van der Waals surface area contributed by atoms with Gasteiger partial charge in [0.15, 0.2) is 0 Å². The second-order valence-electron chi connectivity index (χ2n) is 4.66. The molecule has 0 aromatic carbocycles. The molecule has 0 fully saturated rings. The van der Waals surface area contributed by atoms with E-state index in [9.17, 15) is 0 Å². The summed E-state index contributed by atoms with van der Waals surface area (Å²) in [5.74, 6) is 0. The number of hydrogen-bond acceptors (Lipinski definition) is 4. The third-order valence-electron chi connectivity index (χ3n) is 2.66. The third kappa shape index (κ3) is 3.65. The molecule has 98 valence electrons. The largest absolute Gasteiger partial charge is 0.309 e. The summed E-state index contributed by atoms with van der Waals surface area (Å²) in [6.07, 6.45) is 3.12. The number of aromatic nitrogens is 3. The molecule has 0 radical (unpaired) electrons. The first-order chi connectivity index (χ1) is 8.67. The molecule has 0 amide bonds. The molecule has 2 heterocycles. The van der Waals surface area contributed by atoms with Crippen molar-refractivity contribution in [2.24, 2.45) is 0 Å². The van der Waals surface area contributed by atoms with Gasteiger partial charge < -0.3 is 5.32 Å². The first kappa shape index (κ1) is 13.2. The number of nitrogens with one attached hydrogen (secondary N) is 1. The van der Waals surface area contributed by atoms with E-state index in [1.165, 1.54) is 9.75 Å². The molecule has 2 aromatic heterocycles. The lowest BCUT2D eigenvalue weighted by Gasteiger charge is -2.04. The van der Waals surface area contributed by atoms with Gasteiger partial charge in [0, 0.05) is 22.3 Å². The van der Waals surface area contributed by atoms with Crippen LogP contribution in [0.25, 0.3) is 0 Å². The molecule has 0 spiro atoms. The zero-order chi connectivity index (χ0) is 13.0. The van der Waals surface area contributed by atoms with Crippen LogP contribution >= 0.6 is 11.3 Å². The molecule has 0 aliphatic carbocycles. The van der Waals surface area contributed by atoms with E-state index < -0.39 is 0 Å². The van der Waals surface area contributed by atoms with Crippen molar-refractivity contribution in [3.8, 4) is 0 Å². The molecule has 18 heavy (non-hydrogen) atoms. The maximum absolute atomic E-state index is 4.17. The molecule has 5 heteroatoms. The Balaban J connectivity index is 1.93. The molecule has 0 unspecified atom stereocenters. The van der Waals surface area contributed by atoms with E-state index in [1.54, 1.807) is 0 Å². The van der Waals surface area contributed by atoms with E-state index in [-0.39, 0.29) is 0 Å². The smallest absolute Gasteiger partial charge is 0.0965 e. The number of aryl methyl sites for hydroxylation is 1. The topological polar surface area (TPSA) is 42.7 Å². The lowest BCUT2D eigenvalue weighted by molar-refractivity contribution is 0.580. The lowest BCUT2D eigenvalue weighted by atomic mass is 10.3. The zero-order valence-corrected chi connectivity index (χ0v) is 12.0. The fraction of sp³-hybridized carbons (Fsp3) is 0.538. The van der Waals surface area contributed by atoms with Crippen molar-refractivity contribution in [3.05, 3.63) is 33.8 Å². The summed E-state index contributed by atoms with van der Waals surface area (Å²) in [5, 5.41) is 11.7. The second-order valence-corrected chi connectivity index (χ2v) is 5.92. The average Bonchev–Trinajstić information content (AvgIpc) is 2.96. The van der Waals surface area contributed by atoms with Gasteiger partial charge in [0.2, 0.25) is 0 Å². The van der Waals surface area contributed by atoms with Crippen LogP contribution in [0.2, 0.25) is 0 Å². The molecule has 0 bridgehead atoms. The van der Waals surface area contributed by atoms with Crippen LogP contribution in [0.4, 0.5) is 0 Å².